The van der Waals surface area contributed by atoms with Gasteiger partial charge in [-0.1, -0.05) is 12.1 Å². The summed E-state index contributed by atoms with van der Waals surface area (Å²) in [5, 5.41) is 19.4. The minimum atomic E-state index is -1.05. The van der Waals surface area contributed by atoms with Crippen LogP contribution >= 0.6 is 0 Å². The van der Waals surface area contributed by atoms with E-state index in [1.165, 1.54) is 0 Å². The lowest BCUT2D eigenvalue weighted by Crippen LogP contribution is -2.37. The van der Waals surface area contributed by atoms with E-state index in [9.17, 15) is 15.0 Å². The molecular weight excluding hydrogens is 282 g/mol. The van der Waals surface area contributed by atoms with E-state index in [1.54, 1.807) is 4.90 Å². The molecule has 1 aliphatic heterocycles. The maximum atomic E-state index is 12.4. The Hall–Kier alpha value is -1.92. The van der Waals surface area contributed by atoms with Crippen LogP contribution in [0.25, 0.3) is 11.0 Å². The van der Waals surface area contributed by atoms with Gasteiger partial charge >= 0.3 is 0 Å². The number of nitrogens with zero attached hydrogens (tertiary/aromatic N) is 2. The van der Waals surface area contributed by atoms with Crippen LogP contribution in [0.15, 0.2) is 24.3 Å². The van der Waals surface area contributed by atoms with Gasteiger partial charge in [0.2, 0.25) is 5.91 Å². The van der Waals surface area contributed by atoms with Crippen molar-refractivity contribution < 1.29 is 15.0 Å². The maximum Gasteiger partial charge on any atom is 0.230 e. The molecule has 0 aliphatic carbocycles. The molecule has 1 aromatic heterocycles. The fraction of sp³-hybridized carbons (Fsp3) is 0.500. The standard InChI is InChI=1S/C16H21N3O3/c20-11-16(22)6-3-8-19(9-7-16)15(21)10-14-17-12-4-1-2-5-13(12)18-14/h1-2,4-5,20,22H,3,6-11H2,(H,17,18). The third-order valence-electron chi connectivity index (χ3n) is 4.32. The van der Waals surface area contributed by atoms with Crippen LogP contribution in [-0.4, -0.2) is 56.3 Å². The molecule has 22 heavy (non-hydrogen) atoms. The van der Waals surface area contributed by atoms with E-state index in [0.717, 1.165) is 11.0 Å². The SMILES string of the molecule is O=C(Cc1nc2ccccc2[nH]1)N1CCCC(O)(CO)CC1. The first-order chi connectivity index (χ1) is 10.6. The number of likely N-dealkylation sites (tertiary alicyclic amines) is 1. The lowest BCUT2D eigenvalue weighted by molar-refractivity contribution is -0.130. The van der Waals surface area contributed by atoms with Gasteiger partial charge in [-0.2, -0.15) is 0 Å². The van der Waals surface area contributed by atoms with Crippen LogP contribution in [0.2, 0.25) is 0 Å². The van der Waals surface area contributed by atoms with E-state index >= 15 is 0 Å². The fourth-order valence-corrected chi connectivity index (χ4v) is 2.93. The zero-order valence-corrected chi connectivity index (χ0v) is 12.5. The number of nitrogens with one attached hydrogen (secondary N) is 1. The summed E-state index contributed by atoms with van der Waals surface area (Å²) in [6.07, 6.45) is 1.86. The highest BCUT2D eigenvalue weighted by atomic mass is 16.3. The summed E-state index contributed by atoms with van der Waals surface area (Å²) in [4.78, 5) is 21.8. The van der Waals surface area contributed by atoms with Gasteiger partial charge in [-0.25, -0.2) is 4.98 Å². The van der Waals surface area contributed by atoms with Gasteiger partial charge in [0.05, 0.1) is 29.7 Å². The molecule has 1 amide bonds. The van der Waals surface area contributed by atoms with E-state index in [2.05, 4.69) is 9.97 Å². The van der Waals surface area contributed by atoms with Crippen molar-refractivity contribution in [2.24, 2.45) is 0 Å². The number of aliphatic hydroxyl groups is 2. The number of benzene rings is 1. The number of para-hydroxylation sites is 2. The maximum absolute atomic E-state index is 12.4. The van der Waals surface area contributed by atoms with E-state index < -0.39 is 5.60 Å². The van der Waals surface area contributed by atoms with Gasteiger partial charge in [-0.3, -0.25) is 4.79 Å². The third-order valence-corrected chi connectivity index (χ3v) is 4.32. The lowest BCUT2D eigenvalue weighted by Gasteiger charge is -2.24. The van der Waals surface area contributed by atoms with Crippen molar-refractivity contribution in [3.8, 4) is 0 Å². The van der Waals surface area contributed by atoms with Crippen molar-refractivity contribution in [3.63, 3.8) is 0 Å². The summed E-state index contributed by atoms with van der Waals surface area (Å²) >= 11 is 0. The Morgan fingerprint density at radius 1 is 1.32 bits per heavy atom. The van der Waals surface area contributed by atoms with Gasteiger partial charge in [-0.05, 0) is 31.4 Å². The molecule has 6 heteroatoms. The minimum Gasteiger partial charge on any atom is -0.393 e. The molecule has 1 atom stereocenters. The Labute approximate surface area is 128 Å². The van der Waals surface area contributed by atoms with Crippen molar-refractivity contribution in [3.05, 3.63) is 30.1 Å². The normalized spacial score (nSPS) is 22.7. The Morgan fingerprint density at radius 2 is 2.14 bits per heavy atom. The highest BCUT2D eigenvalue weighted by Gasteiger charge is 2.30. The molecule has 3 rings (SSSR count). The summed E-state index contributed by atoms with van der Waals surface area (Å²) in [6, 6.07) is 7.69. The smallest absolute Gasteiger partial charge is 0.230 e. The van der Waals surface area contributed by atoms with Crippen LogP contribution in [0.3, 0.4) is 0 Å². The van der Waals surface area contributed by atoms with Crippen molar-refractivity contribution in [1.29, 1.82) is 0 Å². The van der Waals surface area contributed by atoms with Crippen LogP contribution in [-0.2, 0) is 11.2 Å². The Balaban J connectivity index is 1.66. The van der Waals surface area contributed by atoms with E-state index in [-0.39, 0.29) is 18.9 Å². The van der Waals surface area contributed by atoms with Gasteiger partial charge in [-0.15, -0.1) is 0 Å². The minimum absolute atomic E-state index is 0.00115. The second kappa shape index (κ2) is 6.06. The van der Waals surface area contributed by atoms with Gasteiger partial charge in [0.25, 0.3) is 0 Å². The number of aliphatic hydroxyl groups excluding tert-OH is 1. The molecule has 0 saturated carbocycles. The number of aromatic amines is 1. The third kappa shape index (κ3) is 3.13. The van der Waals surface area contributed by atoms with Crippen LogP contribution in [0.4, 0.5) is 0 Å². The zero-order valence-electron chi connectivity index (χ0n) is 12.5. The Bertz CT molecular complexity index is 636. The van der Waals surface area contributed by atoms with Crippen LogP contribution in [0, 0.1) is 0 Å². The van der Waals surface area contributed by atoms with Gasteiger partial charge in [0.15, 0.2) is 0 Å². The number of carbonyl (C=O) groups is 1. The summed E-state index contributed by atoms with van der Waals surface area (Å²) in [5.41, 5.74) is 0.737. The van der Waals surface area contributed by atoms with E-state index in [1.807, 2.05) is 24.3 Å². The molecular formula is C16H21N3O3. The van der Waals surface area contributed by atoms with Gasteiger partial charge in [0, 0.05) is 13.1 Å². The molecule has 118 valence electrons. The van der Waals surface area contributed by atoms with Crippen LogP contribution < -0.4 is 0 Å². The molecule has 2 aromatic rings. The summed E-state index contributed by atoms with van der Waals surface area (Å²) in [5.74, 6) is 0.661. The second-order valence-corrected chi connectivity index (χ2v) is 5.99. The summed E-state index contributed by atoms with van der Waals surface area (Å²) in [7, 11) is 0. The molecule has 0 spiro atoms. The predicted octanol–water partition coefficient (Wildman–Crippen LogP) is 0.841. The molecule has 1 unspecified atom stereocenters. The number of hydrogen-bond donors (Lipinski definition) is 3. The average Bonchev–Trinajstić information content (AvgIpc) is 2.81. The number of amides is 1. The van der Waals surface area contributed by atoms with Gasteiger partial charge < -0.3 is 20.1 Å². The first-order valence-electron chi connectivity index (χ1n) is 7.64. The number of carbonyl (C=O) groups excluding carboxylic acids is 1. The molecule has 1 fully saturated rings. The first-order valence-corrected chi connectivity index (χ1v) is 7.64. The number of fused-ring (bicyclic) bond motifs is 1. The Morgan fingerprint density at radius 3 is 2.91 bits per heavy atom. The number of hydrogen-bond acceptors (Lipinski definition) is 4. The average molecular weight is 303 g/mol. The molecule has 6 nitrogen and oxygen atoms in total. The van der Waals surface area contributed by atoms with Crippen molar-refractivity contribution in [2.45, 2.75) is 31.3 Å². The van der Waals surface area contributed by atoms with E-state index in [4.69, 9.17) is 0 Å². The van der Waals surface area contributed by atoms with E-state index in [0.29, 0.717) is 38.2 Å². The van der Waals surface area contributed by atoms with Crippen molar-refractivity contribution >= 4 is 16.9 Å². The largest absolute Gasteiger partial charge is 0.393 e. The number of H-pyrrole nitrogens is 1. The number of imidazole rings is 1. The van der Waals surface area contributed by atoms with Crippen LogP contribution in [0.1, 0.15) is 25.1 Å². The molecule has 3 N–H and O–H groups in total. The predicted molar refractivity (Wildman–Crippen MR) is 82.3 cm³/mol. The summed E-state index contributed by atoms with van der Waals surface area (Å²) in [6.45, 7) is 0.829. The molecule has 0 bridgehead atoms. The van der Waals surface area contributed by atoms with Crippen molar-refractivity contribution in [1.82, 2.24) is 14.9 Å². The molecule has 1 aliphatic rings. The van der Waals surface area contributed by atoms with Crippen LogP contribution in [0.5, 0.6) is 0 Å². The molecule has 2 heterocycles. The lowest BCUT2D eigenvalue weighted by atomic mass is 9.96. The number of aromatic nitrogens is 2. The van der Waals surface area contributed by atoms with Gasteiger partial charge in [0.1, 0.15) is 5.82 Å². The highest BCUT2D eigenvalue weighted by Crippen LogP contribution is 2.22. The highest BCUT2D eigenvalue weighted by molar-refractivity contribution is 5.80. The topological polar surface area (TPSA) is 89.5 Å². The number of rotatable bonds is 3. The summed E-state index contributed by atoms with van der Waals surface area (Å²) < 4.78 is 0. The fourth-order valence-electron chi connectivity index (χ4n) is 2.93. The quantitative estimate of drug-likeness (QED) is 0.784. The molecule has 0 radical (unpaired) electrons. The molecule has 1 saturated heterocycles. The van der Waals surface area contributed by atoms with Crippen molar-refractivity contribution in [2.75, 3.05) is 19.7 Å². The Kier molecular flexibility index (Phi) is 4.13. The second-order valence-electron chi connectivity index (χ2n) is 5.99. The zero-order chi connectivity index (χ0) is 15.6. The first kappa shape index (κ1) is 15.0. The molecule has 1 aromatic carbocycles. The monoisotopic (exact) mass is 303 g/mol.